The predicted octanol–water partition coefficient (Wildman–Crippen LogP) is 4.34. The van der Waals surface area contributed by atoms with E-state index >= 15 is 0 Å². The molecule has 28 heavy (non-hydrogen) atoms. The average molecular weight is 415 g/mol. The third-order valence-electron chi connectivity index (χ3n) is 4.78. The Labute approximate surface area is 172 Å². The van der Waals surface area contributed by atoms with Crippen molar-refractivity contribution in [2.75, 3.05) is 4.72 Å². The van der Waals surface area contributed by atoms with Crippen molar-refractivity contribution >= 4 is 42.0 Å². The van der Waals surface area contributed by atoms with Gasteiger partial charge in [0.15, 0.2) is 5.82 Å². The number of aromatic nitrogens is 5. The van der Waals surface area contributed by atoms with Crippen LogP contribution in [0.4, 0.5) is 10.1 Å². The van der Waals surface area contributed by atoms with Gasteiger partial charge in [0.2, 0.25) is 0 Å². The quantitative estimate of drug-likeness (QED) is 0.492. The molecule has 1 fully saturated rings. The van der Waals surface area contributed by atoms with Crippen LogP contribution in [0.5, 0.6) is 0 Å². The van der Waals surface area contributed by atoms with E-state index in [1.165, 1.54) is 11.9 Å². The smallest absolute Gasteiger partial charge is 0.153 e. The molecule has 3 heterocycles. The lowest BCUT2D eigenvalue weighted by Crippen LogP contribution is -1.99. The molecule has 0 spiro atoms. The van der Waals surface area contributed by atoms with Crippen molar-refractivity contribution < 1.29 is 4.39 Å². The zero-order chi connectivity index (χ0) is 18.4. The number of para-hydroxylation sites is 1. The zero-order valence-electron chi connectivity index (χ0n) is 15.1. The van der Waals surface area contributed by atoms with Gasteiger partial charge in [-0.2, -0.15) is 23.7 Å². The van der Waals surface area contributed by atoms with E-state index in [1.54, 1.807) is 23.3 Å². The largest absolute Gasteiger partial charge is 0.324 e. The molecule has 144 valence electrons. The van der Waals surface area contributed by atoms with Crippen molar-refractivity contribution in [2.24, 2.45) is 7.05 Å². The van der Waals surface area contributed by atoms with E-state index in [9.17, 15) is 4.39 Å². The predicted molar refractivity (Wildman–Crippen MR) is 114 cm³/mol. The van der Waals surface area contributed by atoms with E-state index in [4.69, 9.17) is 0 Å². The van der Waals surface area contributed by atoms with Crippen LogP contribution < -0.4 is 4.72 Å². The van der Waals surface area contributed by atoms with Crippen molar-refractivity contribution in [3.8, 4) is 5.82 Å². The highest BCUT2D eigenvalue weighted by Crippen LogP contribution is 2.49. The average Bonchev–Trinajstić information content (AvgIpc) is 3.10. The first-order valence-corrected chi connectivity index (χ1v) is 9.48. The van der Waals surface area contributed by atoms with Gasteiger partial charge in [-0.25, -0.2) is 14.1 Å². The first-order chi connectivity index (χ1) is 13.1. The Hall–Kier alpha value is -2.52. The van der Waals surface area contributed by atoms with E-state index in [0.717, 1.165) is 21.5 Å². The number of hydrogen-bond acceptors (Lipinski definition) is 5. The summed E-state index contributed by atoms with van der Waals surface area (Å²) in [7, 11) is 1.93. The normalized spacial score (nSPS) is 14.6. The lowest BCUT2D eigenvalue weighted by atomic mass is 10.2. The highest BCUT2D eigenvalue weighted by atomic mass is 32.2. The van der Waals surface area contributed by atoms with Crippen LogP contribution in [0.3, 0.4) is 0 Å². The van der Waals surface area contributed by atoms with Gasteiger partial charge < -0.3 is 4.72 Å². The van der Waals surface area contributed by atoms with Gasteiger partial charge in [0.05, 0.1) is 23.6 Å². The van der Waals surface area contributed by atoms with Crippen molar-refractivity contribution in [3.63, 3.8) is 0 Å². The molecule has 0 bridgehead atoms. The molecule has 5 rings (SSSR count). The summed E-state index contributed by atoms with van der Waals surface area (Å²) in [5, 5.41) is 9.63. The fourth-order valence-electron chi connectivity index (χ4n) is 3.08. The van der Waals surface area contributed by atoms with Gasteiger partial charge in [-0.05, 0) is 43.0 Å². The van der Waals surface area contributed by atoms with Gasteiger partial charge in [-0.1, -0.05) is 12.1 Å². The zero-order valence-corrected chi connectivity index (χ0v) is 16.9. The van der Waals surface area contributed by atoms with Crippen molar-refractivity contribution in [1.82, 2.24) is 24.5 Å². The van der Waals surface area contributed by atoms with Gasteiger partial charge in [-0.15, -0.1) is 0 Å². The van der Waals surface area contributed by atoms with Gasteiger partial charge in [-0.3, -0.25) is 4.68 Å². The summed E-state index contributed by atoms with van der Waals surface area (Å²) < 4.78 is 20.9. The number of pyridine rings is 1. The van der Waals surface area contributed by atoms with E-state index in [1.807, 2.05) is 48.3 Å². The SMILES string of the molecule is Cn1ncc2cccc(NSc3ccc(-n4cc(C5(F)CC5)cn4)nc3)c21.S. The Balaban J connectivity index is 0.00000192. The lowest BCUT2D eigenvalue weighted by Gasteiger charge is -2.08. The third kappa shape index (κ3) is 3.35. The molecule has 9 heteroatoms. The number of aryl methyl sites for hydroxylation is 1. The summed E-state index contributed by atoms with van der Waals surface area (Å²) in [5.41, 5.74) is 1.51. The Morgan fingerprint density at radius 1 is 1.11 bits per heavy atom. The van der Waals surface area contributed by atoms with Gasteiger partial charge in [0, 0.05) is 35.3 Å². The molecular formula is C19H19FN6S2. The van der Waals surface area contributed by atoms with Crippen molar-refractivity contribution in [2.45, 2.75) is 23.4 Å². The maximum atomic E-state index is 14.1. The topological polar surface area (TPSA) is 60.6 Å². The van der Waals surface area contributed by atoms with Gasteiger partial charge in [0.1, 0.15) is 5.67 Å². The van der Waals surface area contributed by atoms with Crippen LogP contribution in [0.15, 0.2) is 60.0 Å². The van der Waals surface area contributed by atoms with Crippen LogP contribution in [0.25, 0.3) is 16.7 Å². The number of anilines is 1. The number of alkyl halides is 1. The minimum Gasteiger partial charge on any atom is -0.324 e. The summed E-state index contributed by atoms with van der Waals surface area (Å²) in [6.07, 6.45) is 8.10. The number of nitrogens with zero attached hydrogens (tertiary/aromatic N) is 5. The molecular weight excluding hydrogens is 395 g/mol. The second kappa shape index (κ2) is 7.14. The van der Waals surface area contributed by atoms with Crippen LogP contribution in [0.2, 0.25) is 0 Å². The first-order valence-electron chi connectivity index (χ1n) is 8.66. The fourth-order valence-corrected chi connectivity index (χ4v) is 3.71. The second-order valence-electron chi connectivity index (χ2n) is 6.71. The molecule has 0 aliphatic heterocycles. The number of benzene rings is 1. The number of nitrogens with one attached hydrogen (secondary N) is 1. The molecule has 1 aromatic carbocycles. The number of hydrogen-bond donors (Lipinski definition) is 1. The number of rotatable bonds is 5. The molecule has 4 aromatic rings. The first kappa shape index (κ1) is 18.8. The Morgan fingerprint density at radius 3 is 2.71 bits per heavy atom. The molecule has 6 nitrogen and oxygen atoms in total. The van der Waals surface area contributed by atoms with Crippen LogP contribution >= 0.6 is 25.4 Å². The molecule has 1 saturated carbocycles. The number of halogens is 1. The maximum absolute atomic E-state index is 14.1. The number of fused-ring (bicyclic) bond motifs is 1. The van der Waals surface area contributed by atoms with Crippen molar-refractivity contribution in [3.05, 3.63) is 60.7 Å². The fraction of sp³-hybridized carbons (Fsp3) is 0.211. The molecule has 1 N–H and O–H groups in total. The van der Waals surface area contributed by atoms with E-state index in [2.05, 4.69) is 19.9 Å². The van der Waals surface area contributed by atoms with E-state index < -0.39 is 5.67 Å². The standard InChI is InChI=1S/C19H17FN6S.H2S/c1-25-18-13(9-22-25)3-2-4-16(18)24-27-15-5-6-17(21-11-15)26-12-14(10-23-26)19(20)7-8-19;/h2-6,9-12,24H,7-8H2,1H3;1H2. The molecule has 0 radical (unpaired) electrons. The summed E-state index contributed by atoms with van der Waals surface area (Å²) in [6, 6.07) is 9.90. The van der Waals surface area contributed by atoms with Crippen LogP contribution in [-0.4, -0.2) is 24.5 Å². The highest BCUT2D eigenvalue weighted by Gasteiger charge is 2.46. The summed E-state index contributed by atoms with van der Waals surface area (Å²) >= 11 is 1.48. The summed E-state index contributed by atoms with van der Waals surface area (Å²) in [6.45, 7) is 0. The molecule has 0 unspecified atom stereocenters. The maximum Gasteiger partial charge on any atom is 0.153 e. The molecule has 0 amide bonds. The molecule has 3 aromatic heterocycles. The highest BCUT2D eigenvalue weighted by molar-refractivity contribution is 8.00. The summed E-state index contributed by atoms with van der Waals surface area (Å²) in [5.74, 6) is 0.670. The lowest BCUT2D eigenvalue weighted by molar-refractivity contribution is 0.317. The Kier molecular flexibility index (Phi) is 4.80. The van der Waals surface area contributed by atoms with Gasteiger partial charge in [0.25, 0.3) is 0 Å². The van der Waals surface area contributed by atoms with Crippen molar-refractivity contribution in [1.29, 1.82) is 0 Å². The Morgan fingerprint density at radius 2 is 1.96 bits per heavy atom. The van der Waals surface area contributed by atoms with Crippen LogP contribution in [-0.2, 0) is 12.7 Å². The second-order valence-corrected chi connectivity index (χ2v) is 7.59. The van der Waals surface area contributed by atoms with Crippen LogP contribution in [0, 0.1) is 0 Å². The molecule has 1 aliphatic carbocycles. The third-order valence-corrected chi connectivity index (χ3v) is 5.58. The van der Waals surface area contributed by atoms with Crippen LogP contribution in [0.1, 0.15) is 18.4 Å². The Bertz CT molecular complexity index is 1120. The monoisotopic (exact) mass is 414 g/mol. The molecule has 0 atom stereocenters. The van der Waals surface area contributed by atoms with E-state index in [-0.39, 0.29) is 13.5 Å². The van der Waals surface area contributed by atoms with E-state index in [0.29, 0.717) is 24.2 Å². The summed E-state index contributed by atoms with van der Waals surface area (Å²) in [4.78, 5) is 5.41. The minimum atomic E-state index is -1.18. The van der Waals surface area contributed by atoms with Gasteiger partial charge >= 0.3 is 0 Å². The minimum absolute atomic E-state index is 0. The molecule has 1 aliphatic rings. The molecule has 0 saturated heterocycles.